The third-order valence-corrected chi connectivity index (χ3v) is 5.99. The van der Waals surface area contributed by atoms with Gasteiger partial charge in [-0.15, -0.1) is 0 Å². The summed E-state index contributed by atoms with van der Waals surface area (Å²) in [5.74, 6) is 0.645. The number of ether oxygens (including phenoxy) is 1. The highest BCUT2D eigenvalue weighted by Crippen LogP contribution is 2.36. The molecule has 1 aliphatic carbocycles. The zero-order valence-electron chi connectivity index (χ0n) is 12.7. The topological polar surface area (TPSA) is 81.4 Å². The second-order valence-electron chi connectivity index (χ2n) is 5.61. The van der Waals surface area contributed by atoms with Crippen LogP contribution in [0.4, 0.5) is 0 Å². The molecule has 3 N–H and O–H groups in total. The second kappa shape index (κ2) is 6.34. The van der Waals surface area contributed by atoms with Crippen LogP contribution >= 0.6 is 0 Å². The number of sulfonamides is 1. The van der Waals surface area contributed by atoms with Crippen molar-refractivity contribution in [1.29, 1.82) is 0 Å². The lowest BCUT2D eigenvalue weighted by molar-refractivity contribution is 0.214. The van der Waals surface area contributed by atoms with Crippen molar-refractivity contribution < 1.29 is 13.2 Å². The van der Waals surface area contributed by atoms with Crippen molar-refractivity contribution in [3.8, 4) is 5.75 Å². The molecule has 0 atom stereocenters. The predicted octanol–water partition coefficient (Wildman–Crippen LogP) is 1.81. The molecule has 0 amide bonds. The fourth-order valence-corrected chi connectivity index (χ4v) is 4.55. The second-order valence-corrected chi connectivity index (χ2v) is 7.26. The van der Waals surface area contributed by atoms with Crippen LogP contribution in [0.15, 0.2) is 23.1 Å². The first-order valence-corrected chi connectivity index (χ1v) is 8.85. The van der Waals surface area contributed by atoms with E-state index in [0.717, 1.165) is 25.7 Å². The number of hydrogen-bond acceptors (Lipinski definition) is 4. The molecule has 0 unspecified atom stereocenters. The van der Waals surface area contributed by atoms with Gasteiger partial charge in [0.25, 0.3) is 0 Å². The van der Waals surface area contributed by atoms with Crippen LogP contribution in [0.1, 0.15) is 38.2 Å². The van der Waals surface area contributed by atoms with E-state index < -0.39 is 10.0 Å². The summed E-state index contributed by atoms with van der Waals surface area (Å²) in [4.78, 5) is 0.313. The molecule has 1 saturated carbocycles. The smallest absolute Gasteiger partial charge is 0.241 e. The van der Waals surface area contributed by atoms with Crippen molar-refractivity contribution in [2.24, 2.45) is 5.73 Å². The third kappa shape index (κ3) is 3.39. The number of hydrogen-bond donors (Lipinski definition) is 2. The Hall–Kier alpha value is -1.11. The quantitative estimate of drug-likeness (QED) is 0.804. The number of nitrogens with one attached hydrogen (secondary N) is 1. The van der Waals surface area contributed by atoms with Crippen molar-refractivity contribution in [1.82, 2.24) is 4.72 Å². The number of methoxy groups -OCH3 is 1. The van der Waals surface area contributed by atoms with Crippen molar-refractivity contribution in [2.45, 2.75) is 49.5 Å². The lowest BCUT2D eigenvalue weighted by atomic mass is 9.76. The molecule has 0 radical (unpaired) electrons. The van der Waals surface area contributed by atoms with Crippen LogP contribution in [-0.2, 0) is 16.4 Å². The fourth-order valence-electron chi connectivity index (χ4n) is 2.77. The lowest BCUT2D eigenvalue weighted by Crippen LogP contribution is -2.52. The fraction of sp³-hybridized carbons (Fsp3) is 0.600. The standard InChI is InChI=1S/C15H24N2O3S/c1-3-15(8-4-9-15)17-21(18,19)14-6-5-13(20-2)11-12(14)7-10-16/h5-6,11,17H,3-4,7-10,16H2,1-2H3. The van der Waals surface area contributed by atoms with E-state index in [2.05, 4.69) is 4.72 Å². The summed E-state index contributed by atoms with van der Waals surface area (Å²) in [7, 11) is -1.97. The maximum absolute atomic E-state index is 12.7. The van der Waals surface area contributed by atoms with Crippen molar-refractivity contribution in [3.05, 3.63) is 23.8 Å². The molecule has 0 aromatic heterocycles. The van der Waals surface area contributed by atoms with Gasteiger partial charge in [0.05, 0.1) is 12.0 Å². The van der Waals surface area contributed by atoms with Gasteiger partial charge in [-0.25, -0.2) is 13.1 Å². The van der Waals surface area contributed by atoms with E-state index in [4.69, 9.17) is 10.5 Å². The Morgan fingerprint density at radius 1 is 1.38 bits per heavy atom. The van der Waals surface area contributed by atoms with Gasteiger partial charge in [0.2, 0.25) is 10.0 Å². The van der Waals surface area contributed by atoms with Gasteiger partial charge in [-0.2, -0.15) is 0 Å². The number of nitrogens with two attached hydrogens (primary N) is 1. The van der Waals surface area contributed by atoms with Gasteiger partial charge >= 0.3 is 0 Å². The Morgan fingerprint density at radius 3 is 2.57 bits per heavy atom. The first-order chi connectivity index (χ1) is 9.96. The monoisotopic (exact) mass is 312 g/mol. The number of benzene rings is 1. The van der Waals surface area contributed by atoms with Crippen molar-refractivity contribution in [3.63, 3.8) is 0 Å². The Balaban J connectivity index is 2.34. The van der Waals surface area contributed by atoms with E-state index >= 15 is 0 Å². The molecule has 1 aromatic carbocycles. The van der Waals surface area contributed by atoms with Crippen LogP contribution < -0.4 is 15.2 Å². The SMILES string of the molecule is CCC1(NS(=O)(=O)c2ccc(OC)cc2CCN)CCC1. The van der Waals surface area contributed by atoms with Gasteiger partial charge in [-0.3, -0.25) is 0 Å². The van der Waals surface area contributed by atoms with E-state index in [0.29, 0.717) is 29.2 Å². The van der Waals surface area contributed by atoms with E-state index in [-0.39, 0.29) is 5.54 Å². The highest BCUT2D eigenvalue weighted by atomic mass is 32.2. The maximum atomic E-state index is 12.7. The van der Waals surface area contributed by atoms with Gasteiger partial charge in [0.1, 0.15) is 5.75 Å². The Bertz CT molecular complexity index is 589. The largest absolute Gasteiger partial charge is 0.497 e. The van der Waals surface area contributed by atoms with Crippen LogP contribution in [0.2, 0.25) is 0 Å². The van der Waals surface area contributed by atoms with Crippen LogP contribution in [0.5, 0.6) is 5.75 Å². The summed E-state index contributed by atoms with van der Waals surface area (Å²) in [6, 6.07) is 5.03. The molecule has 0 bridgehead atoms. The molecule has 21 heavy (non-hydrogen) atoms. The molecule has 5 nitrogen and oxygen atoms in total. The van der Waals surface area contributed by atoms with Gasteiger partial charge in [-0.05, 0) is 62.4 Å². The summed E-state index contributed by atoms with van der Waals surface area (Å²) >= 11 is 0. The first-order valence-electron chi connectivity index (χ1n) is 7.37. The van der Waals surface area contributed by atoms with E-state index in [1.54, 1.807) is 25.3 Å². The van der Waals surface area contributed by atoms with E-state index in [1.807, 2.05) is 6.92 Å². The van der Waals surface area contributed by atoms with E-state index in [9.17, 15) is 8.42 Å². The highest BCUT2D eigenvalue weighted by molar-refractivity contribution is 7.89. The molecule has 1 aliphatic rings. The normalized spacial score (nSPS) is 17.3. The van der Waals surface area contributed by atoms with Gasteiger partial charge < -0.3 is 10.5 Å². The van der Waals surface area contributed by atoms with E-state index in [1.165, 1.54) is 0 Å². The van der Waals surface area contributed by atoms with Crippen LogP contribution in [-0.4, -0.2) is 27.6 Å². The first kappa shape index (κ1) is 16.3. The minimum atomic E-state index is -3.53. The minimum absolute atomic E-state index is 0.265. The predicted molar refractivity (Wildman–Crippen MR) is 82.9 cm³/mol. The molecule has 118 valence electrons. The summed E-state index contributed by atoms with van der Waals surface area (Å²) < 4.78 is 33.5. The van der Waals surface area contributed by atoms with Gasteiger partial charge in [0, 0.05) is 5.54 Å². The molecule has 1 fully saturated rings. The molecule has 0 saturated heterocycles. The molecular formula is C15H24N2O3S. The van der Waals surface area contributed by atoms with Gasteiger partial charge in [0.15, 0.2) is 0 Å². The Labute approximate surface area is 126 Å². The highest BCUT2D eigenvalue weighted by Gasteiger charge is 2.39. The summed E-state index contributed by atoms with van der Waals surface area (Å²) in [6.07, 6.45) is 4.21. The zero-order chi connectivity index (χ0) is 15.5. The Morgan fingerprint density at radius 2 is 2.10 bits per heavy atom. The molecule has 0 spiro atoms. The molecular weight excluding hydrogens is 288 g/mol. The van der Waals surface area contributed by atoms with Gasteiger partial charge in [-0.1, -0.05) is 6.92 Å². The van der Waals surface area contributed by atoms with Crippen molar-refractivity contribution in [2.75, 3.05) is 13.7 Å². The molecule has 0 aliphatic heterocycles. The van der Waals surface area contributed by atoms with Crippen LogP contribution in [0.3, 0.4) is 0 Å². The van der Waals surface area contributed by atoms with Crippen LogP contribution in [0, 0.1) is 0 Å². The lowest BCUT2D eigenvalue weighted by Gasteiger charge is -2.41. The minimum Gasteiger partial charge on any atom is -0.497 e. The number of rotatable bonds is 7. The zero-order valence-corrected chi connectivity index (χ0v) is 13.5. The summed E-state index contributed by atoms with van der Waals surface area (Å²) in [5, 5.41) is 0. The third-order valence-electron chi connectivity index (χ3n) is 4.31. The summed E-state index contributed by atoms with van der Waals surface area (Å²) in [5.41, 5.74) is 6.04. The van der Waals surface area contributed by atoms with Crippen molar-refractivity contribution >= 4 is 10.0 Å². The summed E-state index contributed by atoms with van der Waals surface area (Å²) in [6.45, 7) is 2.42. The molecule has 1 aromatic rings. The molecule has 0 heterocycles. The Kier molecular flexibility index (Phi) is 4.91. The average Bonchev–Trinajstić information content (AvgIpc) is 2.43. The molecule has 6 heteroatoms. The average molecular weight is 312 g/mol. The maximum Gasteiger partial charge on any atom is 0.241 e. The van der Waals surface area contributed by atoms with Crippen LogP contribution in [0.25, 0.3) is 0 Å². The molecule has 2 rings (SSSR count).